The Morgan fingerprint density at radius 1 is 1.27 bits per heavy atom. The first kappa shape index (κ1) is 14.9. The van der Waals surface area contributed by atoms with Crippen LogP contribution in [0.25, 0.3) is 0 Å². The quantitative estimate of drug-likeness (QED) is 0.860. The topological polar surface area (TPSA) is 47.9 Å². The van der Waals surface area contributed by atoms with E-state index in [-0.39, 0.29) is 0 Å². The number of aryl methyl sites for hydroxylation is 1. The average Bonchev–Trinajstić information content (AvgIpc) is 2.52. The summed E-state index contributed by atoms with van der Waals surface area (Å²) in [7, 11) is 0. The molecular weight excluding hydrogens is 274 g/mol. The molecule has 0 fully saturated rings. The van der Waals surface area contributed by atoms with Crippen LogP contribution in [0.15, 0.2) is 24.5 Å². The lowest BCUT2D eigenvalue weighted by atomic mass is 9.79. The van der Waals surface area contributed by atoms with Crippen LogP contribution in [0.2, 0.25) is 0 Å². The van der Waals surface area contributed by atoms with Crippen LogP contribution in [-0.4, -0.2) is 15.0 Å². The molecule has 0 aliphatic heterocycles. The van der Waals surface area contributed by atoms with Crippen LogP contribution in [0, 0.1) is 12.8 Å². The summed E-state index contributed by atoms with van der Waals surface area (Å²) in [5.41, 5.74) is 3.55. The van der Waals surface area contributed by atoms with Gasteiger partial charge in [0.15, 0.2) is 5.82 Å². The predicted octanol–water partition coefficient (Wildman–Crippen LogP) is 3.83. The van der Waals surface area contributed by atoms with Crippen molar-refractivity contribution in [2.45, 2.75) is 52.6 Å². The zero-order valence-electron chi connectivity index (χ0n) is 13.5. The van der Waals surface area contributed by atoms with Gasteiger partial charge in [-0.25, -0.2) is 9.97 Å². The van der Waals surface area contributed by atoms with Gasteiger partial charge < -0.3 is 4.74 Å². The second-order valence-corrected chi connectivity index (χ2v) is 6.32. The van der Waals surface area contributed by atoms with Crippen molar-refractivity contribution in [3.63, 3.8) is 0 Å². The predicted molar refractivity (Wildman–Crippen MR) is 85.9 cm³/mol. The number of fused-ring (bicyclic) bond motifs is 1. The fourth-order valence-electron chi connectivity index (χ4n) is 3.21. The Labute approximate surface area is 132 Å². The van der Waals surface area contributed by atoms with E-state index >= 15 is 0 Å². The van der Waals surface area contributed by atoms with Crippen molar-refractivity contribution in [2.24, 2.45) is 5.92 Å². The van der Waals surface area contributed by atoms with Gasteiger partial charge in [0.25, 0.3) is 0 Å². The lowest BCUT2D eigenvalue weighted by molar-refractivity contribution is 0.287. The highest BCUT2D eigenvalue weighted by atomic mass is 16.5. The Kier molecular flexibility index (Phi) is 4.36. The van der Waals surface area contributed by atoms with Gasteiger partial charge in [-0.05, 0) is 38.2 Å². The molecular formula is C18H23N3O. The van der Waals surface area contributed by atoms with Crippen LogP contribution in [0.4, 0.5) is 0 Å². The minimum atomic E-state index is 0.406. The molecule has 0 aromatic carbocycles. The van der Waals surface area contributed by atoms with E-state index in [9.17, 15) is 0 Å². The van der Waals surface area contributed by atoms with Crippen LogP contribution in [0.1, 0.15) is 55.4 Å². The summed E-state index contributed by atoms with van der Waals surface area (Å²) < 4.78 is 6.03. The summed E-state index contributed by atoms with van der Waals surface area (Å²) in [5, 5.41) is 0. The zero-order chi connectivity index (χ0) is 15.5. The number of hydrogen-bond donors (Lipinski definition) is 0. The first-order valence-electron chi connectivity index (χ1n) is 8.04. The largest absolute Gasteiger partial charge is 0.485 e. The third-order valence-electron chi connectivity index (χ3n) is 4.32. The molecule has 1 aliphatic carbocycles. The molecule has 0 saturated carbocycles. The Balaban J connectivity index is 1.88. The molecule has 0 amide bonds. The minimum absolute atomic E-state index is 0.406. The summed E-state index contributed by atoms with van der Waals surface area (Å²) in [6.45, 7) is 7.01. The maximum Gasteiger partial charge on any atom is 0.166 e. The standard InChI is InChI=1S/C18H23N3O/c1-12(2)14-6-4-7-15-16(10-13(3)21-18(14)15)22-11-17-19-8-5-9-20-17/h5,8-10,12,14H,4,6-7,11H2,1-3H3. The summed E-state index contributed by atoms with van der Waals surface area (Å²) in [4.78, 5) is 13.3. The molecule has 0 spiro atoms. The molecule has 0 bridgehead atoms. The lowest BCUT2D eigenvalue weighted by Crippen LogP contribution is -2.18. The number of hydrogen-bond acceptors (Lipinski definition) is 4. The van der Waals surface area contributed by atoms with Gasteiger partial charge in [-0.15, -0.1) is 0 Å². The van der Waals surface area contributed by atoms with E-state index in [4.69, 9.17) is 9.72 Å². The number of pyridine rings is 1. The fourth-order valence-corrected chi connectivity index (χ4v) is 3.21. The molecule has 116 valence electrons. The van der Waals surface area contributed by atoms with Gasteiger partial charge in [0.05, 0.1) is 5.69 Å². The Morgan fingerprint density at radius 3 is 2.77 bits per heavy atom. The fraction of sp³-hybridized carbons (Fsp3) is 0.500. The van der Waals surface area contributed by atoms with E-state index in [0.29, 0.717) is 24.3 Å². The van der Waals surface area contributed by atoms with Gasteiger partial charge in [0, 0.05) is 35.6 Å². The molecule has 0 radical (unpaired) electrons. The van der Waals surface area contributed by atoms with Gasteiger partial charge >= 0.3 is 0 Å². The molecule has 1 aliphatic rings. The molecule has 3 rings (SSSR count). The maximum atomic E-state index is 6.03. The number of nitrogens with zero attached hydrogens (tertiary/aromatic N) is 3. The third kappa shape index (κ3) is 3.11. The molecule has 2 aromatic heterocycles. The van der Waals surface area contributed by atoms with Crippen LogP contribution >= 0.6 is 0 Å². The van der Waals surface area contributed by atoms with Gasteiger partial charge in [-0.2, -0.15) is 0 Å². The highest BCUT2D eigenvalue weighted by Gasteiger charge is 2.27. The summed E-state index contributed by atoms with van der Waals surface area (Å²) >= 11 is 0. The third-order valence-corrected chi connectivity index (χ3v) is 4.32. The second kappa shape index (κ2) is 6.42. The monoisotopic (exact) mass is 297 g/mol. The van der Waals surface area contributed by atoms with Gasteiger partial charge in [-0.1, -0.05) is 13.8 Å². The van der Waals surface area contributed by atoms with E-state index in [2.05, 4.69) is 23.8 Å². The molecule has 4 heteroatoms. The Morgan fingerprint density at radius 2 is 2.05 bits per heavy atom. The molecule has 1 unspecified atom stereocenters. The Hall–Kier alpha value is -1.97. The van der Waals surface area contributed by atoms with Gasteiger partial charge in [0.1, 0.15) is 12.4 Å². The molecule has 2 heterocycles. The van der Waals surface area contributed by atoms with E-state index in [0.717, 1.165) is 17.9 Å². The maximum absolute atomic E-state index is 6.03. The molecule has 22 heavy (non-hydrogen) atoms. The Bertz CT molecular complexity index is 640. The second-order valence-electron chi connectivity index (χ2n) is 6.32. The van der Waals surface area contributed by atoms with Gasteiger partial charge in [-0.3, -0.25) is 4.98 Å². The van der Waals surface area contributed by atoms with Crippen molar-refractivity contribution in [1.82, 2.24) is 15.0 Å². The highest BCUT2D eigenvalue weighted by molar-refractivity contribution is 5.41. The minimum Gasteiger partial charge on any atom is -0.485 e. The van der Waals surface area contributed by atoms with Crippen molar-refractivity contribution < 1.29 is 4.74 Å². The zero-order valence-corrected chi connectivity index (χ0v) is 13.5. The number of ether oxygens (including phenoxy) is 1. The van der Waals surface area contributed by atoms with Crippen LogP contribution in [0.3, 0.4) is 0 Å². The normalized spacial score (nSPS) is 17.4. The smallest absolute Gasteiger partial charge is 0.166 e. The van der Waals surface area contributed by atoms with Crippen molar-refractivity contribution >= 4 is 0 Å². The molecule has 0 N–H and O–H groups in total. The van der Waals surface area contributed by atoms with Gasteiger partial charge in [0.2, 0.25) is 0 Å². The summed E-state index contributed by atoms with van der Waals surface area (Å²) in [6.07, 6.45) is 6.97. The van der Waals surface area contributed by atoms with Crippen molar-refractivity contribution in [3.8, 4) is 5.75 Å². The van der Waals surface area contributed by atoms with Crippen molar-refractivity contribution in [3.05, 3.63) is 47.3 Å². The van der Waals surface area contributed by atoms with E-state index in [1.807, 2.05) is 19.1 Å². The molecule has 0 saturated heterocycles. The van der Waals surface area contributed by atoms with Crippen molar-refractivity contribution in [1.29, 1.82) is 0 Å². The number of aromatic nitrogens is 3. The van der Waals surface area contributed by atoms with E-state index in [1.165, 1.54) is 24.1 Å². The van der Waals surface area contributed by atoms with Crippen LogP contribution in [-0.2, 0) is 13.0 Å². The first-order chi connectivity index (χ1) is 10.6. The highest BCUT2D eigenvalue weighted by Crippen LogP contribution is 2.39. The molecule has 1 atom stereocenters. The van der Waals surface area contributed by atoms with E-state index < -0.39 is 0 Å². The lowest BCUT2D eigenvalue weighted by Gasteiger charge is -2.29. The summed E-state index contributed by atoms with van der Waals surface area (Å²) in [6, 6.07) is 3.86. The molecule has 2 aromatic rings. The van der Waals surface area contributed by atoms with Crippen molar-refractivity contribution in [2.75, 3.05) is 0 Å². The van der Waals surface area contributed by atoms with Crippen LogP contribution in [0.5, 0.6) is 5.75 Å². The first-order valence-corrected chi connectivity index (χ1v) is 8.04. The SMILES string of the molecule is Cc1cc(OCc2ncccn2)c2c(n1)C(C(C)C)CCC2. The van der Waals surface area contributed by atoms with Crippen LogP contribution < -0.4 is 4.74 Å². The van der Waals surface area contributed by atoms with E-state index in [1.54, 1.807) is 12.4 Å². The molecule has 4 nitrogen and oxygen atoms in total. The average molecular weight is 297 g/mol. The summed E-state index contributed by atoms with van der Waals surface area (Å²) in [5.74, 6) is 2.82. The number of rotatable bonds is 4.